The third-order valence-corrected chi connectivity index (χ3v) is 2.74. The first kappa shape index (κ1) is 12.2. The summed E-state index contributed by atoms with van der Waals surface area (Å²) in [5, 5.41) is 0. The minimum atomic E-state index is -0.378. The third kappa shape index (κ3) is 3.27. The van der Waals surface area contributed by atoms with Crippen LogP contribution in [0.25, 0.3) is 0 Å². The standard InChI is InChI=1S/C7H9ClFNS.ClH/c8-7-2-1-6(11-7)5(10)3-4-9;/h1-2,5H,3-4,10H2;1H/t5-;/m1./s1. The summed E-state index contributed by atoms with van der Waals surface area (Å²) in [6, 6.07) is 3.42. The zero-order valence-corrected chi connectivity index (χ0v) is 8.68. The van der Waals surface area contributed by atoms with Crippen molar-refractivity contribution in [2.75, 3.05) is 6.67 Å². The number of thiophene rings is 1. The molecule has 0 saturated carbocycles. The molecule has 1 nitrogen and oxygen atoms in total. The molecule has 0 unspecified atom stereocenters. The molecule has 12 heavy (non-hydrogen) atoms. The maximum absolute atomic E-state index is 11.8. The van der Waals surface area contributed by atoms with Gasteiger partial charge in [0.05, 0.1) is 11.0 Å². The molecule has 0 amide bonds. The fourth-order valence-corrected chi connectivity index (χ4v) is 1.88. The monoisotopic (exact) mass is 229 g/mol. The highest BCUT2D eigenvalue weighted by Gasteiger charge is 2.07. The summed E-state index contributed by atoms with van der Waals surface area (Å²) < 4.78 is 12.5. The van der Waals surface area contributed by atoms with E-state index in [4.69, 9.17) is 17.3 Å². The summed E-state index contributed by atoms with van der Waals surface area (Å²) in [7, 11) is 0. The molecule has 0 fully saturated rings. The van der Waals surface area contributed by atoms with Crippen molar-refractivity contribution in [3.8, 4) is 0 Å². The van der Waals surface area contributed by atoms with Crippen LogP contribution in [0.15, 0.2) is 12.1 Å². The first-order valence-electron chi connectivity index (χ1n) is 3.31. The Morgan fingerprint density at radius 1 is 1.58 bits per heavy atom. The summed E-state index contributed by atoms with van der Waals surface area (Å²) in [5.74, 6) is 0. The summed E-state index contributed by atoms with van der Waals surface area (Å²) in [6.07, 6.45) is 0.372. The smallest absolute Gasteiger partial charge is 0.0931 e. The second kappa shape index (κ2) is 5.75. The summed E-state index contributed by atoms with van der Waals surface area (Å²) in [5.41, 5.74) is 5.63. The number of alkyl halides is 1. The molecular formula is C7H10Cl2FNS. The Hall–Kier alpha value is 0.170. The van der Waals surface area contributed by atoms with Crippen molar-refractivity contribution < 1.29 is 4.39 Å². The fraction of sp³-hybridized carbons (Fsp3) is 0.429. The van der Waals surface area contributed by atoms with Gasteiger partial charge in [0.1, 0.15) is 0 Å². The van der Waals surface area contributed by atoms with Crippen LogP contribution in [0.2, 0.25) is 4.34 Å². The zero-order valence-electron chi connectivity index (χ0n) is 6.30. The lowest BCUT2D eigenvalue weighted by atomic mass is 10.2. The normalized spacial score (nSPS) is 12.2. The Morgan fingerprint density at radius 2 is 2.25 bits per heavy atom. The number of hydrogen-bond acceptors (Lipinski definition) is 2. The molecule has 1 rings (SSSR count). The molecular weight excluding hydrogens is 220 g/mol. The van der Waals surface area contributed by atoms with Gasteiger partial charge < -0.3 is 5.73 Å². The first-order valence-corrected chi connectivity index (χ1v) is 4.50. The minimum absolute atomic E-state index is 0. The van der Waals surface area contributed by atoms with E-state index in [9.17, 15) is 4.39 Å². The van der Waals surface area contributed by atoms with Crippen molar-refractivity contribution in [2.45, 2.75) is 12.5 Å². The maximum Gasteiger partial charge on any atom is 0.0931 e. The number of nitrogens with two attached hydrogens (primary N) is 1. The molecule has 0 bridgehead atoms. The predicted molar refractivity (Wildman–Crippen MR) is 54.1 cm³/mol. The lowest BCUT2D eigenvalue weighted by Crippen LogP contribution is -2.08. The van der Waals surface area contributed by atoms with Crippen molar-refractivity contribution in [2.24, 2.45) is 5.73 Å². The number of rotatable bonds is 3. The molecule has 0 saturated heterocycles. The van der Waals surface area contributed by atoms with Crippen LogP contribution >= 0.6 is 35.3 Å². The molecule has 1 heterocycles. The molecule has 2 N–H and O–H groups in total. The molecule has 0 radical (unpaired) electrons. The van der Waals surface area contributed by atoms with Crippen LogP contribution < -0.4 is 5.73 Å². The van der Waals surface area contributed by atoms with Crippen molar-refractivity contribution in [3.05, 3.63) is 21.3 Å². The molecule has 70 valence electrons. The predicted octanol–water partition coefficient (Wildman–Crippen LogP) is 3.18. The SMILES string of the molecule is Cl.N[C@H](CCF)c1ccc(Cl)s1. The Morgan fingerprint density at radius 3 is 2.67 bits per heavy atom. The summed E-state index contributed by atoms with van der Waals surface area (Å²) in [4.78, 5) is 0.952. The molecule has 5 heteroatoms. The summed E-state index contributed by atoms with van der Waals surface area (Å²) in [6.45, 7) is -0.378. The van der Waals surface area contributed by atoms with Crippen molar-refractivity contribution in [1.82, 2.24) is 0 Å². The number of halogens is 3. The average Bonchev–Trinajstić information content (AvgIpc) is 2.36. The first-order chi connectivity index (χ1) is 5.24. The van der Waals surface area contributed by atoms with Crippen LogP contribution in [0.3, 0.4) is 0 Å². The molecule has 0 spiro atoms. The fourth-order valence-electron chi connectivity index (χ4n) is 0.787. The molecule has 0 aliphatic heterocycles. The molecule has 0 aliphatic rings. The average molecular weight is 230 g/mol. The van der Waals surface area contributed by atoms with E-state index in [0.29, 0.717) is 10.8 Å². The summed E-state index contributed by atoms with van der Waals surface area (Å²) >= 11 is 7.08. The van der Waals surface area contributed by atoms with Gasteiger partial charge in [0, 0.05) is 10.9 Å². The van der Waals surface area contributed by atoms with Gasteiger partial charge in [-0.1, -0.05) is 11.6 Å². The molecule has 1 aromatic rings. The van der Waals surface area contributed by atoms with E-state index in [1.807, 2.05) is 6.07 Å². The zero-order chi connectivity index (χ0) is 8.27. The van der Waals surface area contributed by atoms with Crippen molar-refractivity contribution in [3.63, 3.8) is 0 Å². The maximum atomic E-state index is 11.8. The van der Waals surface area contributed by atoms with Crippen molar-refractivity contribution >= 4 is 35.3 Å². The second-order valence-electron chi connectivity index (χ2n) is 2.23. The van der Waals surface area contributed by atoms with Gasteiger partial charge >= 0.3 is 0 Å². The Balaban J connectivity index is 0.00000121. The highest BCUT2D eigenvalue weighted by atomic mass is 35.5. The lowest BCUT2D eigenvalue weighted by molar-refractivity contribution is 0.444. The molecule has 0 aromatic carbocycles. The minimum Gasteiger partial charge on any atom is -0.323 e. The van der Waals surface area contributed by atoms with E-state index in [1.165, 1.54) is 11.3 Å². The number of hydrogen-bond donors (Lipinski definition) is 1. The molecule has 1 aromatic heterocycles. The second-order valence-corrected chi connectivity index (χ2v) is 3.97. The van der Waals surface area contributed by atoms with Gasteiger partial charge in [-0.05, 0) is 18.6 Å². The molecule has 0 aliphatic carbocycles. The van der Waals surface area contributed by atoms with Crippen LogP contribution in [0.4, 0.5) is 4.39 Å². The van der Waals surface area contributed by atoms with E-state index in [0.717, 1.165) is 4.88 Å². The van der Waals surface area contributed by atoms with Crippen LogP contribution in [0.5, 0.6) is 0 Å². The Kier molecular flexibility index (Phi) is 5.84. The van der Waals surface area contributed by atoms with Crippen LogP contribution in [-0.4, -0.2) is 6.67 Å². The van der Waals surface area contributed by atoms with E-state index in [-0.39, 0.29) is 25.1 Å². The molecule has 1 atom stereocenters. The third-order valence-electron chi connectivity index (χ3n) is 1.38. The van der Waals surface area contributed by atoms with Crippen LogP contribution in [-0.2, 0) is 0 Å². The van der Waals surface area contributed by atoms with Gasteiger partial charge in [-0.15, -0.1) is 23.7 Å². The van der Waals surface area contributed by atoms with Crippen molar-refractivity contribution in [1.29, 1.82) is 0 Å². The topological polar surface area (TPSA) is 26.0 Å². The quantitative estimate of drug-likeness (QED) is 0.847. The van der Waals surface area contributed by atoms with E-state index < -0.39 is 0 Å². The van der Waals surface area contributed by atoms with E-state index in [2.05, 4.69) is 0 Å². The van der Waals surface area contributed by atoms with Gasteiger partial charge in [-0.2, -0.15) is 0 Å². The van der Waals surface area contributed by atoms with Gasteiger partial charge in [-0.3, -0.25) is 4.39 Å². The lowest BCUT2D eigenvalue weighted by Gasteiger charge is -2.04. The van der Waals surface area contributed by atoms with Gasteiger partial charge in [0.15, 0.2) is 0 Å². The highest BCUT2D eigenvalue weighted by Crippen LogP contribution is 2.26. The largest absolute Gasteiger partial charge is 0.323 e. The van der Waals surface area contributed by atoms with Crippen LogP contribution in [0.1, 0.15) is 17.3 Å². The van der Waals surface area contributed by atoms with Gasteiger partial charge in [0.2, 0.25) is 0 Å². The Bertz CT molecular complexity index is 229. The van der Waals surface area contributed by atoms with E-state index >= 15 is 0 Å². The van der Waals surface area contributed by atoms with E-state index in [1.54, 1.807) is 6.07 Å². The van der Waals surface area contributed by atoms with Gasteiger partial charge in [0.25, 0.3) is 0 Å². The van der Waals surface area contributed by atoms with Gasteiger partial charge in [-0.25, -0.2) is 0 Å². The van der Waals surface area contributed by atoms with Crippen LogP contribution in [0, 0.1) is 0 Å². The highest BCUT2D eigenvalue weighted by molar-refractivity contribution is 7.16. The Labute approximate surface area is 86.1 Å².